The summed E-state index contributed by atoms with van der Waals surface area (Å²) < 4.78 is 21.0. The van der Waals surface area contributed by atoms with Gasteiger partial charge in [-0.05, 0) is 42.3 Å². The highest BCUT2D eigenvalue weighted by molar-refractivity contribution is 5.95. The molecule has 0 spiro atoms. The second-order valence-corrected chi connectivity index (χ2v) is 7.92. The SMILES string of the molecule is COc1cc(-c2[nH]nc3c(C(C)c4ccc(F)cc4)cccc23)ccc1-n1cnc(C)c1. The first kappa shape index (κ1) is 20.0. The molecule has 1 atom stereocenters. The van der Waals surface area contributed by atoms with Crippen molar-refractivity contribution in [3.63, 3.8) is 0 Å². The topological polar surface area (TPSA) is 55.7 Å². The predicted octanol–water partition coefficient (Wildman–Crippen LogP) is 6.02. The largest absolute Gasteiger partial charge is 0.495 e. The molecular weight excluding hydrogens is 403 g/mol. The molecule has 0 saturated heterocycles. The van der Waals surface area contributed by atoms with Crippen LogP contribution >= 0.6 is 0 Å². The fourth-order valence-electron chi connectivity index (χ4n) is 4.16. The van der Waals surface area contributed by atoms with Crippen molar-refractivity contribution in [2.75, 3.05) is 7.11 Å². The summed E-state index contributed by atoms with van der Waals surface area (Å²) in [5.41, 5.74) is 6.83. The third-order valence-corrected chi connectivity index (χ3v) is 5.91. The quantitative estimate of drug-likeness (QED) is 0.374. The molecule has 160 valence electrons. The summed E-state index contributed by atoms with van der Waals surface area (Å²) in [6.45, 7) is 4.07. The van der Waals surface area contributed by atoms with Gasteiger partial charge >= 0.3 is 0 Å². The van der Waals surface area contributed by atoms with E-state index in [4.69, 9.17) is 4.74 Å². The van der Waals surface area contributed by atoms with Crippen molar-refractivity contribution in [1.82, 2.24) is 19.7 Å². The molecular formula is C26H23FN4O. The van der Waals surface area contributed by atoms with Gasteiger partial charge in [-0.3, -0.25) is 5.10 Å². The van der Waals surface area contributed by atoms with E-state index in [1.165, 1.54) is 12.1 Å². The number of methoxy groups -OCH3 is 1. The van der Waals surface area contributed by atoms with Crippen LogP contribution < -0.4 is 4.74 Å². The fraction of sp³-hybridized carbons (Fsp3) is 0.154. The van der Waals surface area contributed by atoms with E-state index in [1.54, 1.807) is 13.4 Å². The Morgan fingerprint density at radius 2 is 1.88 bits per heavy atom. The van der Waals surface area contributed by atoms with Crippen molar-refractivity contribution in [3.8, 4) is 22.7 Å². The Hall–Kier alpha value is -3.93. The lowest BCUT2D eigenvalue weighted by Crippen LogP contribution is -1.97. The molecule has 0 radical (unpaired) electrons. The van der Waals surface area contributed by atoms with Crippen LogP contribution in [0.3, 0.4) is 0 Å². The van der Waals surface area contributed by atoms with Gasteiger partial charge in [0.25, 0.3) is 0 Å². The molecule has 0 aliphatic heterocycles. The molecule has 5 rings (SSSR count). The number of benzene rings is 3. The highest BCUT2D eigenvalue weighted by atomic mass is 19.1. The van der Waals surface area contributed by atoms with Crippen molar-refractivity contribution in [2.45, 2.75) is 19.8 Å². The number of hydrogen-bond acceptors (Lipinski definition) is 3. The van der Waals surface area contributed by atoms with Gasteiger partial charge in [-0.1, -0.05) is 43.3 Å². The molecule has 0 amide bonds. The number of para-hydroxylation sites is 1. The number of H-pyrrole nitrogens is 1. The number of ether oxygens (including phenoxy) is 1. The number of nitrogens with one attached hydrogen (secondary N) is 1. The first-order chi connectivity index (χ1) is 15.5. The van der Waals surface area contributed by atoms with E-state index in [0.717, 1.165) is 50.4 Å². The van der Waals surface area contributed by atoms with Crippen LogP contribution in [0.1, 0.15) is 29.7 Å². The van der Waals surface area contributed by atoms with Crippen molar-refractivity contribution >= 4 is 10.9 Å². The highest BCUT2D eigenvalue weighted by Crippen LogP contribution is 2.36. The zero-order valence-corrected chi connectivity index (χ0v) is 18.1. The predicted molar refractivity (Wildman–Crippen MR) is 124 cm³/mol. The van der Waals surface area contributed by atoms with Crippen LogP contribution in [0.2, 0.25) is 0 Å². The van der Waals surface area contributed by atoms with E-state index >= 15 is 0 Å². The van der Waals surface area contributed by atoms with Crippen LogP contribution in [0.5, 0.6) is 5.75 Å². The number of rotatable bonds is 5. The van der Waals surface area contributed by atoms with Crippen molar-refractivity contribution < 1.29 is 9.13 Å². The van der Waals surface area contributed by atoms with Gasteiger partial charge < -0.3 is 9.30 Å². The lowest BCUT2D eigenvalue weighted by molar-refractivity contribution is 0.413. The van der Waals surface area contributed by atoms with Gasteiger partial charge in [-0.15, -0.1) is 0 Å². The summed E-state index contributed by atoms with van der Waals surface area (Å²) in [4.78, 5) is 4.31. The summed E-state index contributed by atoms with van der Waals surface area (Å²) in [6.07, 6.45) is 3.74. The zero-order valence-electron chi connectivity index (χ0n) is 18.1. The molecule has 5 nitrogen and oxygen atoms in total. The number of halogens is 1. The average Bonchev–Trinajstić information content (AvgIpc) is 3.45. The van der Waals surface area contributed by atoms with Crippen LogP contribution in [0, 0.1) is 12.7 Å². The standard InChI is InChI=1S/C26H23FN4O/c1-16-14-31(15-28-16)23-12-9-19(13-24(23)32-3)25-22-6-4-5-21(26(22)30-29-25)17(2)18-7-10-20(27)11-8-18/h4-15,17H,1-3H3,(H,29,30). The molecule has 0 bridgehead atoms. The van der Waals surface area contributed by atoms with E-state index in [2.05, 4.69) is 40.3 Å². The Kier molecular flexibility index (Phi) is 4.98. The van der Waals surface area contributed by atoms with E-state index in [0.29, 0.717) is 0 Å². The van der Waals surface area contributed by atoms with Crippen molar-refractivity contribution in [3.05, 3.63) is 95.8 Å². The van der Waals surface area contributed by atoms with Crippen molar-refractivity contribution in [2.24, 2.45) is 0 Å². The van der Waals surface area contributed by atoms with Crippen molar-refractivity contribution in [1.29, 1.82) is 0 Å². The summed E-state index contributed by atoms with van der Waals surface area (Å²) in [5, 5.41) is 8.89. The third-order valence-electron chi connectivity index (χ3n) is 5.91. The van der Waals surface area contributed by atoms with Gasteiger partial charge in [0.15, 0.2) is 0 Å². The van der Waals surface area contributed by atoms with Crippen LogP contribution in [0.4, 0.5) is 4.39 Å². The zero-order chi connectivity index (χ0) is 22.2. The molecule has 0 fully saturated rings. The number of fused-ring (bicyclic) bond motifs is 1. The maximum atomic E-state index is 13.4. The second kappa shape index (κ2) is 7.96. The molecule has 5 aromatic rings. The Balaban J connectivity index is 1.57. The van der Waals surface area contributed by atoms with Gasteiger partial charge in [0.2, 0.25) is 0 Å². The molecule has 0 saturated carbocycles. The number of aromatic nitrogens is 4. The first-order valence-electron chi connectivity index (χ1n) is 10.5. The van der Waals surface area contributed by atoms with E-state index in [-0.39, 0.29) is 11.7 Å². The van der Waals surface area contributed by atoms with Gasteiger partial charge in [0, 0.05) is 23.1 Å². The summed E-state index contributed by atoms with van der Waals surface area (Å²) in [7, 11) is 1.67. The van der Waals surface area contributed by atoms with E-state index in [1.807, 2.05) is 48.0 Å². The fourth-order valence-corrected chi connectivity index (χ4v) is 4.16. The molecule has 32 heavy (non-hydrogen) atoms. The lowest BCUT2D eigenvalue weighted by Gasteiger charge is -2.13. The van der Waals surface area contributed by atoms with Gasteiger partial charge in [0.1, 0.15) is 11.6 Å². The summed E-state index contributed by atoms with van der Waals surface area (Å²) >= 11 is 0. The van der Waals surface area contributed by atoms with Crippen LogP contribution in [-0.2, 0) is 0 Å². The number of aryl methyl sites for hydroxylation is 1. The maximum Gasteiger partial charge on any atom is 0.143 e. The smallest absolute Gasteiger partial charge is 0.143 e. The number of aromatic amines is 1. The monoisotopic (exact) mass is 426 g/mol. The summed E-state index contributed by atoms with van der Waals surface area (Å²) in [5.74, 6) is 0.597. The first-order valence-corrected chi connectivity index (χ1v) is 10.5. The van der Waals surface area contributed by atoms with Gasteiger partial charge in [-0.2, -0.15) is 5.10 Å². The van der Waals surface area contributed by atoms with Crippen LogP contribution in [-0.4, -0.2) is 26.9 Å². The number of hydrogen-bond donors (Lipinski definition) is 1. The maximum absolute atomic E-state index is 13.4. The minimum atomic E-state index is -0.232. The lowest BCUT2D eigenvalue weighted by atomic mass is 9.91. The molecule has 3 aromatic carbocycles. The van der Waals surface area contributed by atoms with E-state index < -0.39 is 0 Å². The second-order valence-electron chi connectivity index (χ2n) is 7.92. The third kappa shape index (κ3) is 3.43. The minimum Gasteiger partial charge on any atom is -0.495 e. The minimum absolute atomic E-state index is 0.0804. The van der Waals surface area contributed by atoms with Gasteiger partial charge in [0.05, 0.1) is 36.0 Å². The Morgan fingerprint density at radius 1 is 1.06 bits per heavy atom. The highest BCUT2D eigenvalue weighted by Gasteiger charge is 2.17. The normalized spacial score (nSPS) is 12.2. The van der Waals surface area contributed by atoms with E-state index in [9.17, 15) is 4.39 Å². The Labute approximate surface area is 185 Å². The number of nitrogens with zero attached hydrogens (tertiary/aromatic N) is 3. The summed E-state index contributed by atoms with van der Waals surface area (Å²) in [6, 6.07) is 18.9. The molecule has 0 aliphatic carbocycles. The Morgan fingerprint density at radius 3 is 2.59 bits per heavy atom. The average molecular weight is 426 g/mol. The molecule has 1 unspecified atom stereocenters. The molecule has 0 aliphatic rings. The Bertz CT molecular complexity index is 1400. The number of imidazole rings is 1. The van der Waals surface area contributed by atoms with Crippen LogP contribution in [0.25, 0.3) is 27.8 Å². The van der Waals surface area contributed by atoms with Crippen LogP contribution in [0.15, 0.2) is 73.2 Å². The molecule has 6 heteroatoms. The molecule has 1 N–H and O–H groups in total. The molecule has 2 aromatic heterocycles. The van der Waals surface area contributed by atoms with Gasteiger partial charge in [-0.25, -0.2) is 9.37 Å². The molecule has 2 heterocycles.